The average molecular weight is 402 g/mol. The van der Waals surface area contributed by atoms with Crippen LogP contribution in [0.2, 0.25) is 0 Å². The fourth-order valence-corrected chi connectivity index (χ4v) is 4.24. The smallest absolute Gasteiger partial charge is 0.143 e. The number of benzene rings is 1. The van der Waals surface area contributed by atoms with Gasteiger partial charge in [0.05, 0.1) is 0 Å². The van der Waals surface area contributed by atoms with Crippen molar-refractivity contribution < 1.29 is 4.39 Å². The molecule has 0 amide bonds. The summed E-state index contributed by atoms with van der Waals surface area (Å²) >= 11 is 0. The highest BCUT2D eigenvalue weighted by Crippen LogP contribution is 2.39. The van der Waals surface area contributed by atoms with Gasteiger partial charge in [-0.05, 0) is 69.9 Å². The van der Waals surface area contributed by atoms with Gasteiger partial charge in [0.25, 0.3) is 0 Å². The summed E-state index contributed by atoms with van der Waals surface area (Å²) in [5.74, 6) is 0.577. The number of halogens is 1. The van der Waals surface area contributed by atoms with Gasteiger partial charge in [-0.25, -0.2) is 9.37 Å². The number of rotatable bonds is 4. The highest BCUT2D eigenvalue weighted by atomic mass is 19.1. The predicted molar refractivity (Wildman–Crippen MR) is 124 cm³/mol. The number of para-hydroxylation sites is 1. The lowest BCUT2D eigenvalue weighted by Gasteiger charge is -2.16. The summed E-state index contributed by atoms with van der Waals surface area (Å²) in [7, 11) is 0. The minimum Gasteiger partial charge on any atom is -0.339 e. The number of nitrogens with one attached hydrogen (secondary N) is 1. The normalized spacial score (nSPS) is 14.6. The molecule has 0 saturated carbocycles. The highest BCUT2D eigenvalue weighted by Gasteiger charge is 2.24. The Morgan fingerprint density at radius 3 is 2.40 bits per heavy atom. The molecule has 0 saturated heterocycles. The van der Waals surface area contributed by atoms with E-state index in [0.717, 1.165) is 58.0 Å². The van der Waals surface area contributed by atoms with Crippen molar-refractivity contribution in [3.05, 3.63) is 88.0 Å². The minimum atomic E-state index is -0.240. The third kappa shape index (κ3) is 3.47. The van der Waals surface area contributed by atoms with E-state index in [1.165, 1.54) is 0 Å². The zero-order valence-electron chi connectivity index (χ0n) is 18.3. The Morgan fingerprint density at radius 1 is 1.00 bits per heavy atom. The van der Waals surface area contributed by atoms with Gasteiger partial charge in [-0.2, -0.15) is 0 Å². The molecule has 0 fully saturated rings. The van der Waals surface area contributed by atoms with Crippen molar-refractivity contribution in [1.82, 2.24) is 9.38 Å². The van der Waals surface area contributed by atoms with Crippen molar-refractivity contribution in [2.75, 3.05) is 5.32 Å². The second-order valence-corrected chi connectivity index (χ2v) is 8.12. The Labute approximate surface area is 177 Å². The summed E-state index contributed by atoms with van der Waals surface area (Å²) in [5.41, 5.74) is 8.65. The summed E-state index contributed by atoms with van der Waals surface area (Å²) in [4.78, 5) is 4.91. The maximum absolute atomic E-state index is 15.3. The van der Waals surface area contributed by atoms with Crippen LogP contribution in [0.15, 0.2) is 65.5 Å². The van der Waals surface area contributed by atoms with E-state index in [1.54, 1.807) is 6.08 Å². The minimum absolute atomic E-state index is 0.240. The Morgan fingerprint density at radius 2 is 1.70 bits per heavy atom. The van der Waals surface area contributed by atoms with Crippen LogP contribution >= 0.6 is 0 Å². The summed E-state index contributed by atoms with van der Waals surface area (Å²) in [6.45, 7) is 10.3. The van der Waals surface area contributed by atoms with Gasteiger partial charge in [-0.15, -0.1) is 0 Å². The molecule has 0 atom stereocenters. The van der Waals surface area contributed by atoms with Gasteiger partial charge in [0, 0.05) is 17.0 Å². The molecule has 4 rings (SSSR count). The van der Waals surface area contributed by atoms with Crippen molar-refractivity contribution >= 4 is 22.7 Å². The molecule has 0 bridgehead atoms. The van der Waals surface area contributed by atoms with Crippen LogP contribution in [0.25, 0.3) is 11.2 Å². The van der Waals surface area contributed by atoms with Crippen molar-refractivity contribution in [2.45, 2.75) is 47.5 Å². The number of allylic oxidation sites excluding steroid dienone is 6. The van der Waals surface area contributed by atoms with E-state index < -0.39 is 0 Å². The van der Waals surface area contributed by atoms with Gasteiger partial charge in [-0.1, -0.05) is 48.4 Å². The maximum atomic E-state index is 15.3. The number of aryl methyl sites for hydroxylation is 3. The molecule has 0 aliphatic heterocycles. The first kappa shape index (κ1) is 20.1. The predicted octanol–water partition coefficient (Wildman–Crippen LogP) is 7.23. The molecule has 1 aromatic carbocycles. The fraction of sp³-hybridized carbons (Fsp3) is 0.269. The monoisotopic (exact) mass is 401 g/mol. The summed E-state index contributed by atoms with van der Waals surface area (Å²) < 4.78 is 17.4. The van der Waals surface area contributed by atoms with Crippen molar-refractivity contribution in [1.29, 1.82) is 0 Å². The summed E-state index contributed by atoms with van der Waals surface area (Å²) in [5, 5.41) is 3.63. The van der Waals surface area contributed by atoms with Crippen LogP contribution in [-0.2, 0) is 6.42 Å². The van der Waals surface area contributed by atoms with Gasteiger partial charge in [-0.3, -0.25) is 4.40 Å². The van der Waals surface area contributed by atoms with E-state index >= 15 is 4.39 Å². The second-order valence-electron chi connectivity index (χ2n) is 8.12. The molecule has 30 heavy (non-hydrogen) atoms. The SMILES string of the molecule is CCc1cccc2nc(C3=C(C)CC(C)=CC=C3F)c(Nc3c(C)cccc3C)n12. The van der Waals surface area contributed by atoms with E-state index in [2.05, 4.69) is 54.8 Å². The van der Waals surface area contributed by atoms with Crippen LogP contribution in [-0.4, -0.2) is 9.38 Å². The standard InChI is InChI=1S/C26H28FN3/c1-6-20-11-8-12-22-28-25(23-19(5)15-16(2)13-14-21(23)27)26(30(20)22)29-24-17(3)9-7-10-18(24)4/h7-14,29H,6,15H2,1-5H3. The average Bonchev–Trinajstić information content (AvgIpc) is 3.01. The zero-order valence-corrected chi connectivity index (χ0v) is 18.3. The molecule has 2 aromatic heterocycles. The van der Waals surface area contributed by atoms with E-state index in [1.807, 2.05) is 32.1 Å². The first-order valence-electron chi connectivity index (χ1n) is 10.5. The van der Waals surface area contributed by atoms with Crippen LogP contribution in [0.1, 0.15) is 49.7 Å². The summed E-state index contributed by atoms with van der Waals surface area (Å²) in [6.07, 6.45) is 5.01. The fourth-order valence-electron chi connectivity index (χ4n) is 4.24. The lowest BCUT2D eigenvalue weighted by atomic mass is 10.0. The zero-order chi connectivity index (χ0) is 21.4. The summed E-state index contributed by atoms with van der Waals surface area (Å²) in [6, 6.07) is 12.3. The first-order valence-corrected chi connectivity index (χ1v) is 10.5. The maximum Gasteiger partial charge on any atom is 0.143 e. The van der Waals surface area contributed by atoms with Gasteiger partial charge in [0.2, 0.25) is 0 Å². The molecule has 3 aromatic rings. The molecule has 4 heteroatoms. The number of pyridine rings is 1. The largest absolute Gasteiger partial charge is 0.339 e. The lowest BCUT2D eigenvalue weighted by molar-refractivity contribution is 0.672. The van der Waals surface area contributed by atoms with E-state index in [9.17, 15) is 0 Å². The highest BCUT2D eigenvalue weighted by molar-refractivity contribution is 5.87. The quantitative estimate of drug-likeness (QED) is 0.499. The molecule has 1 aliphatic carbocycles. The molecular formula is C26H28FN3. The Hall–Kier alpha value is -3.14. The number of imidazole rings is 1. The third-order valence-corrected chi connectivity index (χ3v) is 5.77. The number of hydrogen-bond acceptors (Lipinski definition) is 2. The molecule has 1 aliphatic rings. The second kappa shape index (κ2) is 7.94. The number of fused-ring (bicyclic) bond motifs is 1. The number of hydrogen-bond donors (Lipinski definition) is 1. The molecule has 2 heterocycles. The van der Waals surface area contributed by atoms with Crippen LogP contribution in [0.4, 0.5) is 15.9 Å². The number of nitrogens with zero attached hydrogens (tertiary/aromatic N) is 2. The number of anilines is 2. The Balaban J connectivity index is 2.02. The van der Waals surface area contributed by atoms with Crippen LogP contribution in [0.5, 0.6) is 0 Å². The molecule has 0 spiro atoms. The van der Waals surface area contributed by atoms with E-state index in [0.29, 0.717) is 11.3 Å². The molecule has 0 radical (unpaired) electrons. The van der Waals surface area contributed by atoms with E-state index in [-0.39, 0.29) is 5.83 Å². The van der Waals surface area contributed by atoms with Crippen LogP contribution in [0.3, 0.4) is 0 Å². The molecule has 154 valence electrons. The Kier molecular flexibility index (Phi) is 5.33. The van der Waals surface area contributed by atoms with Crippen LogP contribution in [0, 0.1) is 13.8 Å². The first-order chi connectivity index (χ1) is 14.4. The van der Waals surface area contributed by atoms with Crippen molar-refractivity contribution in [2.24, 2.45) is 0 Å². The van der Waals surface area contributed by atoms with Gasteiger partial charge in [0.15, 0.2) is 0 Å². The lowest BCUT2D eigenvalue weighted by Crippen LogP contribution is -2.05. The Bertz CT molecular complexity index is 1200. The molecule has 0 unspecified atom stereocenters. The number of aromatic nitrogens is 2. The van der Waals surface area contributed by atoms with Crippen LogP contribution < -0.4 is 5.32 Å². The third-order valence-electron chi connectivity index (χ3n) is 5.77. The van der Waals surface area contributed by atoms with Crippen molar-refractivity contribution in [3.8, 4) is 0 Å². The van der Waals surface area contributed by atoms with E-state index in [4.69, 9.17) is 4.98 Å². The molecular weight excluding hydrogens is 373 g/mol. The van der Waals surface area contributed by atoms with Gasteiger partial charge < -0.3 is 5.32 Å². The molecule has 1 N–H and O–H groups in total. The van der Waals surface area contributed by atoms with Crippen molar-refractivity contribution in [3.63, 3.8) is 0 Å². The van der Waals surface area contributed by atoms with Gasteiger partial charge >= 0.3 is 0 Å². The van der Waals surface area contributed by atoms with Gasteiger partial charge in [0.1, 0.15) is 23.0 Å². The molecule has 3 nitrogen and oxygen atoms in total. The topological polar surface area (TPSA) is 29.3 Å².